The molecule has 0 saturated carbocycles. The first-order chi connectivity index (χ1) is 12.9. The number of nitrogens with one attached hydrogen (secondary N) is 1. The molecule has 3 rings (SSSR count). The van der Waals surface area contributed by atoms with E-state index in [9.17, 15) is 13.2 Å². The van der Waals surface area contributed by atoms with E-state index < -0.39 is 10.0 Å². The molecule has 0 unspecified atom stereocenters. The lowest BCUT2D eigenvalue weighted by Gasteiger charge is -2.17. The van der Waals surface area contributed by atoms with Gasteiger partial charge in [0.25, 0.3) is 0 Å². The van der Waals surface area contributed by atoms with Gasteiger partial charge in [-0.2, -0.15) is 0 Å². The summed E-state index contributed by atoms with van der Waals surface area (Å²) in [5, 5.41) is 3.85. The van der Waals surface area contributed by atoms with E-state index in [1.54, 1.807) is 41.5 Å². The van der Waals surface area contributed by atoms with Gasteiger partial charge in [0, 0.05) is 24.9 Å². The Morgan fingerprint density at radius 1 is 1.11 bits per heavy atom. The molecule has 0 spiro atoms. The first-order valence-electron chi connectivity index (χ1n) is 8.62. The number of carbonyl (C=O) groups is 1. The van der Waals surface area contributed by atoms with E-state index in [-0.39, 0.29) is 23.8 Å². The van der Waals surface area contributed by atoms with Crippen molar-refractivity contribution in [3.63, 3.8) is 0 Å². The zero-order chi connectivity index (χ0) is 19.4. The summed E-state index contributed by atoms with van der Waals surface area (Å²) in [6, 6.07) is 14.6. The summed E-state index contributed by atoms with van der Waals surface area (Å²) in [7, 11) is -1.91. The summed E-state index contributed by atoms with van der Waals surface area (Å²) >= 11 is 1.62. The van der Waals surface area contributed by atoms with Gasteiger partial charge in [0.05, 0.1) is 11.4 Å². The van der Waals surface area contributed by atoms with Crippen molar-refractivity contribution in [3.8, 4) is 0 Å². The Labute approximate surface area is 163 Å². The van der Waals surface area contributed by atoms with Crippen molar-refractivity contribution in [3.05, 3.63) is 64.4 Å². The summed E-state index contributed by atoms with van der Waals surface area (Å²) in [4.78, 5) is 15.2. The minimum atomic E-state index is -3.65. The molecule has 2 aromatic carbocycles. The van der Waals surface area contributed by atoms with Crippen molar-refractivity contribution in [2.75, 3.05) is 13.6 Å². The number of sulfonamides is 1. The van der Waals surface area contributed by atoms with Gasteiger partial charge in [-0.05, 0) is 46.8 Å². The van der Waals surface area contributed by atoms with Crippen LogP contribution >= 0.6 is 11.3 Å². The lowest BCUT2D eigenvalue weighted by Crippen LogP contribution is -2.31. The SMILES string of the molecule is Cc1ccsc1CN(C)C(=O)CCNS(=O)(=O)c1ccc2ccccc2c1. The highest BCUT2D eigenvalue weighted by Gasteiger charge is 2.16. The zero-order valence-corrected chi connectivity index (χ0v) is 16.9. The molecule has 1 amide bonds. The van der Waals surface area contributed by atoms with Gasteiger partial charge in [0.2, 0.25) is 15.9 Å². The molecule has 1 heterocycles. The number of rotatable bonds is 7. The number of hydrogen-bond donors (Lipinski definition) is 1. The van der Waals surface area contributed by atoms with E-state index in [2.05, 4.69) is 4.72 Å². The van der Waals surface area contributed by atoms with Gasteiger partial charge in [-0.25, -0.2) is 13.1 Å². The van der Waals surface area contributed by atoms with Gasteiger partial charge in [-0.1, -0.05) is 30.3 Å². The van der Waals surface area contributed by atoms with Crippen LogP contribution in [0, 0.1) is 6.92 Å². The van der Waals surface area contributed by atoms with Crippen LogP contribution < -0.4 is 4.72 Å². The van der Waals surface area contributed by atoms with Gasteiger partial charge in [0.1, 0.15) is 0 Å². The number of fused-ring (bicyclic) bond motifs is 1. The molecule has 0 aliphatic rings. The van der Waals surface area contributed by atoms with Gasteiger partial charge in [-0.3, -0.25) is 4.79 Å². The Morgan fingerprint density at radius 3 is 2.56 bits per heavy atom. The second-order valence-corrected chi connectivity index (χ2v) is 9.20. The minimum absolute atomic E-state index is 0.0712. The fraction of sp³-hybridized carbons (Fsp3) is 0.250. The molecule has 3 aromatic rings. The maximum absolute atomic E-state index is 12.5. The maximum Gasteiger partial charge on any atom is 0.240 e. The van der Waals surface area contributed by atoms with Gasteiger partial charge in [0.15, 0.2) is 0 Å². The van der Waals surface area contributed by atoms with Crippen LogP contribution in [0.25, 0.3) is 10.8 Å². The summed E-state index contributed by atoms with van der Waals surface area (Å²) in [5.41, 5.74) is 1.16. The number of hydrogen-bond acceptors (Lipinski definition) is 4. The Balaban J connectivity index is 1.58. The number of amides is 1. The average molecular weight is 403 g/mol. The standard InChI is InChI=1S/C20H22N2O3S2/c1-15-10-12-26-19(15)14-22(2)20(23)9-11-21-27(24,25)18-8-7-16-5-3-4-6-17(16)13-18/h3-8,10,12-13,21H,9,11,14H2,1-2H3. The zero-order valence-electron chi connectivity index (χ0n) is 15.3. The molecule has 0 bridgehead atoms. The van der Waals surface area contributed by atoms with E-state index >= 15 is 0 Å². The highest BCUT2D eigenvalue weighted by atomic mass is 32.2. The van der Waals surface area contributed by atoms with Crippen molar-refractivity contribution in [2.24, 2.45) is 0 Å². The summed E-state index contributed by atoms with van der Waals surface area (Å²) < 4.78 is 27.5. The monoisotopic (exact) mass is 402 g/mol. The first-order valence-corrected chi connectivity index (χ1v) is 11.0. The Morgan fingerprint density at radius 2 is 1.85 bits per heavy atom. The van der Waals surface area contributed by atoms with E-state index in [1.807, 2.05) is 42.6 Å². The van der Waals surface area contributed by atoms with Gasteiger partial charge >= 0.3 is 0 Å². The molecule has 0 atom stereocenters. The van der Waals surface area contributed by atoms with Crippen molar-refractivity contribution in [1.29, 1.82) is 0 Å². The van der Waals surface area contributed by atoms with E-state index in [0.717, 1.165) is 21.2 Å². The van der Waals surface area contributed by atoms with Gasteiger partial charge < -0.3 is 4.90 Å². The second-order valence-electron chi connectivity index (χ2n) is 6.43. The smallest absolute Gasteiger partial charge is 0.240 e. The molecule has 0 aliphatic heterocycles. The summed E-state index contributed by atoms with van der Waals surface area (Å²) in [6.07, 6.45) is 0.119. The predicted octanol–water partition coefficient (Wildman–Crippen LogP) is 3.54. The highest BCUT2D eigenvalue weighted by molar-refractivity contribution is 7.89. The molecule has 0 saturated heterocycles. The van der Waals surface area contributed by atoms with Crippen LogP contribution in [0.3, 0.4) is 0 Å². The number of benzene rings is 2. The van der Waals surface area contributed by atoms with E-state index in [4.69, 9.17) is 0 Å². The van der Waals surface area contributed by atoms with Crippen LogP contribution in [0.4, 0.5) is 0 Å². The quantitative estimate of drug-likeness (QED) is 0.657. The number of thiophene rings is 1. The molecule has 0 radical (unpaired) electrons. The Hall–Kier alpha value is -2.22. The first kappa shape index (κ1) is 19.5. The largest absolute Gasteiger partial charge is 0.341 e. The maximum atomic E-state index is 12.5. The molecule has 1 N–H and O–H groups in total. The molecule has 27 heavy (non-hydrogen) atoms. The molecule has 1 aromatic heterocycles. The molecular formula is C20H22N2O3S2. The van der Waals surface area contributed by atoms with Crippen LogP contribution in [-0.4, -0.2) is 32.8 Å². The van der Waals surface area contributed by atoms with Crippen LogP contribution in [-0.2, 0) is 21.4 Å². The van der Waals surface area contributed by atoms with Crippen molar-refractivity contribution < 1.29 is 13.2 Å². The fourth-order valence-electron chi connectivity index (χ4n) is 2.77. The minimum Gasteiger partial charge on any atom is -0.341 e. The predicted molar refractivity (Wildman–Crippen MR) is 109 cm³/mol. The van der Waals surface area contributed by atoms with Gasteiger partial charge in [-0.15, -0.1) is 11.3 Å². The van der Waals surface area contributed by atoms with Crippen LogP contribution in [0.5, 0.6) is 0 Å². The topological polar surface area (TPSA) is 66.5 Å². The number of nitrogens with zero attached hydrogens (tertiary/aromatic N) is 1. The summed E-state index contributed by atoms with van der Waals surface area (Å²) in [5.74, 6) is -0.0935. The van der Waals surface area contributed by atoms with Crippen molar-refractivity contribution in [1.82, 2.24) is 9.62 Å². The third-order valence-electron chi connectivity index (χ3n) is 4.44. The van der Waals surface area contributed by atoms with E-state index in [0.29, 0.717) is 6.54 Å². The normalized spacial score (nSPS) is 11.6. The Kier molecular flexibility index (Phi) is 5.94. The fourth-order valence-corrected chi connectivity index (χ4v) is 4.80. The lowest BCUT2D eigenvalue weighted by atomic mass is 10.1. The van der Waals surface area contributed by atoms with Crippen LogP contribution in [0.1, 0.15) is 16.9 Å². The number of aryl methyl sites for hydroxylation is 1. The Bertz CT molecular complexity index is 1060. The molecule has 0 aliphatic carbocycles. The van der Waals surface area contributed by atoms with Crippen LogP contribution in [0.15, 0.2) is 58.8 Å². The molecule has 0 fully saturated rings. The average Bonchev–Trinajstić information content (AvgIpc) is 3.05. The van der Waals surface area contributed by atoms with Crippen LogP contribution in [0.2, 0.25) is 0 Å². The third-order valence-corrected chi connectivity index (χ3v) is 6.90. The van der Waals surface area contributed by atoms with Crippen molar-refractivity contribution >= 4 is 38.0 Å². The third kappa shape index (κ3) is 4.74. The summed E-state index contributed by atoms with van der Waals surface area (Å²) in [6.45, 7) is 2.63. The molecule has 142 valence electrons. The highest BCUT2D eigenvalue weighted by Crippen LogP contribution is 2.19. The second kappa shape index (κ2) is 8.21. The van der Waals surface area contributed by atoms with Crippen molar-refractivity contribution in [2.45, 2.75) is 24.8 Å². The molecule has 7 heteroatoms. The molecular weight excluding hydrogens is 380 g/mol. The molecule has 5 nitrogen and oxygen atoms in total. The number of carbonyl (C=O) groups excluding carboxylic acids is 1. The van der Waals surface area contributed by atoms with E-state index in [1.165, 1.54) is 0 Å². The lowest BCUT2D eigenvalue weighted by molar-refractivity contribution is -0.130.